The summed E-state index contributed by atoms with van der Waals surface area (Å²) in [5, 5.41) is 4.58. The van der Waals surface area contributed by atoms with E-state index >= 15 is 0 Å². The van der Waals surface area contributed by atoms with Crippen molar-refractivity contribution in [1.82, 2.24) is 9.97 Å². The fraction of sp³-hybridized carbons (Fsp3) is 0.0625. The normalized spacial score (nSPS) is 11.2. The summed E-state index contributed by atoms with van der Waals surface area (Å²) in [6.07, 6.45) is 3.10. The van der Waals surface area contributed by atoms with Crippen LogP contribution in [0.1, 0.15) is 9.67 Å². The lowest BCUT2D eigenvalue weighted by Gasteiger charge is -2.09. The van der Waals surface area contributed by atoms with Crippen LogP contribution in [0.5, 0.6) is 0 Å². The van der Waals surface area contributed by atoms with Crippen LogP contribution in [0.4, 0.5) is 15.8 Å². The molecule has 0 aliphatic rings. The van der Waals surface area contributed by atoms with E-state index in [-0.39, 0.29) is 10.7 Å². The first kappa shape index (κ1) is 19.2. The number of nitrogens with zero attached hydrogens (tertiary/aromatic N) is 2. The Kier molecular flexibility index (Phi) is 5.40. The standard InChI is InChI=1S/C16H12ClFN4O3S2/c1-27(24,25)22-13-4-10(17)3-12(5-13)21-16(23)14-2-9(8-26-14)15-19-6-11(18)7-20-15/h2-8,22H,1H3,(H,21,23). The quantitative estimate of drug-likeness (QED) is 0.648. The second-order valence-electron chi connectivity index (χ2n) is 5.48. The molecule has 2 heterocycles. The summed E-state index contributed by atoms with van der Waals surface area (Å²) < 4.78 is 37.9. The molecule has 1 amide bonds. The number of aromatic nitrogens is 2. The van der Waals surface area contributed by atoms with Gasteiger partial charge in [0.25, 0.3) is 5.91 Å². The van der Waals surface area contributed by atoms with E-state index in [0.717, 1.165) is 30.0 Å². The van der Waals surface area contributed by atoms with E-state index < -0.39 is 21.7 Å². The van der Waals surface area contributed by atoms with Gasteiger partial charge in [0.2, 0.25) is 10.0 Å². The van der Waals surface area contributed by atoms with Crippen LogP contribution in [-0.4, -0.2) is 30.5 Å². The number of rotatable bonds is 5. The third-order valence-electron chi connectivity index (χ3n) is 3.16. The van der Waals surface area contributed by atoms with Gasteiger partial charge in [-0.3, -0.25) is 9.52 Å². The van der Waals surface area contributed by atoms with Crippen LogP contribution in [0, 0.1) is 5.82 Å². The van der Waals surface area contributed by atoms with Crippen LogP contribution in [0.3, 0.4) is 0 Å². The van der Waals surface area contributed by atoms with Gasteiger partial charge < -0.3 is 5.32 Å². The molecule has 0 saturated heterocycles. The summed E-state index contributed by atoms with van der Waals surface area (Å²) in [7, 11) is -3.48. The van der Waals surface area contributed by atoms with Gasteiger partial charge in [-0.25, -0.2) is 22.8 Å². The average molecular weight is 427 g/mol. The number of hydrogen-bond acceptors (Lipinski definition) is 6. The number of thiophene rings is 1. The molecule has 2 aromatic heterocycles. The van der Waals surface area contributed by atoms with Gasteiger partial charge in [0.1, 0.15) is 0 Å². The highest BCUT2D eigenvalue weighted by Crippen LogP contribution is 2.26. The highest BCUT2D eigenvalue weighted by Gasteiger charge is 2.13. The fourth-order valence-corrected chi connectivity index (χ4v) is 3.72. The van der Waals surface area contributed by atoms with Gasteiger partial charge in [-0.1, -0.05) is 11.6 Å². The molecule has 1 aromatic carbocycles. The van der Waals surface area contributed by atoms with E-state index in [1.165, 1.54) is 18.2 Å². The lowest BCUT2D eigenvalue weighted by atomic mass is 10.2. The molecule has 0 aliphatic carbocycles. The average Bonchev–Trinajstić information content (AvgIpc) is 3.03. The molecule has 0 bridgehead atoms. The number of carbonyl (C=O) groups is 1. The molecule has 0 saturated carbocycles. The molecule has 140 valence electrons. The van der Waals surface area contributed by atoms with Crippen LogP contribution in [0.2, 0.25) is 5.02 Å². The zero-order chi connectivity index (χ0) is 19.6. The monoisotopic (exact) mass is 426 g/mol. The molecule has 2 N–H and O–H groups in total. The number of halogens is 2. The van der Waals surface area contributed by atoms with Crippen molar-refractivity contribution in [3.8, 4) is 11.4 Å². The van der Waals surface area contributed by atoms with E-state index in [0.29, 0.717) is 22.0 Å². The molecule has 0 fully saturated rings. The summed E-state index contributed by atoms with van der Waals surface area (Å²) in [6, 6.07) is 5.94. The van der Waals surface area contributed by atoms with Gasteiger partial charge in [0.15, 0.2) is 11.6 Å². The maximum atomic E-state index is 12.9. The minimum atomic E-state index is -3.48. The van der Waals surface area contributed by atoms with Crippen molar-refractivity contribution in [3.05, 3.63) is 57.8 Å². The minimum Gasteiger partial charge on any atom is -0.321 e. The first-order valence-corrected chi connectivity index (χ1v) is 10.5. The van der Waals surface area contributed by atoms with E-state index in [9.17, 15) is 17.6 Å². The highest BCUT2D eigenvalue weighted by atomic mass is 35.5. The van der Waals surface area contributed by atoms with Gasteiger partial charge in [-0.2, -0.15) is 0 Å². The third-order valence-corrected chi connectivity index (χ3v) is 4.91. The second kappa shape index (κ2) is 7.59. The van der Waals surface area contributed by atoms with Gasteiger partial charge >= 0.3 is 0 Å². The first-order valence-electron chi connectivity index (χ1n) is 7.36. The first-order chi connectivity index (χ1) is 12.7. The molecule has 3 rings (SSSR count). The summed E-state index contributed by atoms with van der Waals surface area (Å²) in [6.45, 7) is 0. The number of anilines is 2. The zero-order valence-electron chi connectivity index (χ0n) is 13.7. The lowest BCUT2D eigenvalue weighted by Crippen LogP contribution is -2.12. The lowest BCUT2D eigenvalue weighted by molar-refractivity contribution is 0.103. The highest BCUT2D eigenvalue weighted by molar-refractivity contribution is 7.92. The summed E-state index contributed by atoms with van der Waals surface area (Å²) >= 11 is 7.14. The number of carbonyl (C=O) groups excluding carboxylic acids is 1. The predicted molar refractivity (Wildman–Crippen MR) is 103 cm³/mol. The molecule has 7 nitrogen and oxygen atoms in total. The summed E-state index contributed by atoms with van der Waals surface area (Å²) in [5.74, 6) is -0.665. The van der Waals surface area contributed by atoms with E-state index in [1.807, 2.05) is 0 Å². The number of benzene rings is 1. The van der Waals surface area contributed by atoms with Crippen LogP contribution in [-0.2, 0) is 10.0 Å². The van der Waals surface area contributed by atoms with Gasteiger partial charge in [0, 0.05) is 21.7 Å². The Morgan fingerprint density at radius 2 is 1.81 bits per heavy atom. The molecule has 0 unspecified atom stereocenters. The largest absolute Gasteiger partial charge is 0.321 e. The van der Waals surface area contributed by atoms with Crippen LogP contribution in [0.15, 0.2) is 42.0 Å². The van der Waals surface area contributed by atoms with E-state index in [2.05, 4.69) is 20.0 Å². The Labute approximate surface area is 163 Å². The fourth-order valence-electron chi connectivity index (χ4n) is 2.16. The van der Waals surface area contributed by atoms with Crippen molar-refractivity contribution in [2.45, 2.75) is 0 Å². The minimum absolute atomic E-state index is 0.229. The topological polar surface area (TPSA) is 101 Å². The Morgan fingerprint density at radius 3 is 2.48 bits per heavy atom. The van der Waals surface area contributed by atoms with E-state index in [1.54, 1.807) is 11.4 Å². The van der Waals surface area contributed by atoms with Crippen LogP contribution < -0.4 is 10.0 Å². The zero-order valence-corrected chi connectivity index (χ0v) is 16.1. The van der Waals surface area contributed by atoms with E-state index in [4.69, 9.17) is 11.6 Å². The second-order valence-corrected chi connectivity index (χ2v) is 8.58. The van der Waals surface area contributed by atoms with Crippen molar-refractivity contribution in [1.29, 1.82) is 0 Å². The van der Waals surface area contributed by atoms with Crippen molar-refractivity contribution < 1.29 is 17.6 Å². The van der Waals surface area contributed by atoms with Crippen LogP contribution >= 0.6 is 22.9 Å². The summed E-state index contributed by atoms with van der Waals surface area (Å²) in [5.41, 5.74) is 1.13. The number of nitrogens with one attached hydrogen (secondary N) is 2. The van der Waals surface area contributed by atoms with Crippen molar-refractivity contribution in [2.75, 3.05) is 16.3 Å². The molecule has 11 heteroatoms. The molecule has 0 atom stereocenters. The molecule has 0 aliphatic heterocycles. The Morgan fingerprint density at radius 1 is 1.15 bits per heavy atom. The SMILES string of the molecule is CS(=O)(=O)Nc1cc(Cl)cc(NC(=O)c2cc(-c3ncc(F)cn3)cs2)c1. The van der Waals surface area contributed by atoms with Crippen LogP contribution in [0.25, 0.3) is 11.4 Å². The van der Waals surface area contributed by atoms with Gasteiger partial charge in [-0.15, -0.1) is 11.3 Å². The third kappa shape index (κ3) is 5.22. The summed E-state index contributed by atoms with van der Waals surface area (Å²) in [4.78, 5) is 20.5. The van der Waals surface area contributed by atoms with Crippen molar-refractivity contribution in [2.24, 2.45) is 0 Å². The Hall–Kier alpha value is -2.56. The number of sulfonamides is 1. The molecule has 27 heavy (non-hydrogen) atoms. The van der Waals surface area contributed by atoms with Gasteiger partial charge in [-0.05, 0) is 24.3 Å². The maximum Gasteiger partial charge on any atom is 0.265 e. The molecule has 3 aromatic rings. The van der Waals surface area contributed by atoms with Gasteiger partial charge in [0.05, 0.1) is 29.2 Å². The molecule has 0 spiro atoms. The Balaban J connectivity index is 1.79. The van der Waals surface area contributed by atoms with Crippen molar-refractivity contribution >= 4 is 50.2 Å². The number of hydrogen-bond donors (Lipinski definition) is 2. The molecular weight excluding hydrogens is 415 g/mol. The molecular formula is C16H12ClFN4O3S2. The Bertz CT molecular complexity index is 1100. The smallest absolute Gasteiger partial charge is 0.265 e. The number of amides is 1. The maximum absolute atomic E-state index is 12.9. The van der Waals surface area contributed by atoms with Crippen molar-refractivity contribution in [3.63, 3.8) is 0 Å². The predicted octanol–water partition coefficient (Wildman–Crippen LogP) is 3.62. The molecule has 0 radical (unpaired) electrons.